The fraction of sp³-hybridized carbons (Fsp3) is 0.450. The molecule has 0 radical (unpaired) electrons. The van der Waals surface area contributed by atoms with E-state index in [1.165, 1.54) is 19.2 Å². The largest absolute Gasteiger partial charge is 0.444 e. The van der Waals surface area contributed by atoms with Crippen LogP contribution in [0.4, 0.5) is 16.3 Å². The second-order valence-corrected chi connectivity index (χ2v) is 9.95. The Labute approximate surface area is 186 Å². The fourth-order valence-electron chi connectivity index (χ4n) is 2.99. The molecular weight excluding hydrogens is 438 g/mol. The number of aromatic nitrogens is 1. The van der Waals surface area contributed by atoms with E-state index in [0.29, 0.717) is 32.0 Å². The number of pyridine rings is 1. The lowest BCUT2D eigenvalue weighted by Crippen LogP contribution is -2.50. The Hall–Kier alpha value is -3.12. The van der Waals surface area contributed by atoms with Gasteiger partial charge in [-0.05, 0) is 52.1 Å². The smallest absolute Gasteiger partial charge is 0.410 e. The van der Waals surface area contributed by atoms with E-state index in [0.717, 1.165) is 5.69 Å². The monoisotopic (exact) mass is 465 g/mol. The van der Waals surface area contributed by atoms with E-state index in [1.54, 1.807) is 17.2 Å². The summed E-state index contributed by atoms with van der Waals surface area (Å²) in [7, 11) is -2.52. The van der Waals surface area contributed by atoms with Crippen molar-refractivity contribution in [3.8, 4) is 0 Å². The molecule has 0 aliphatic carbocycles. The van der Waals surface area contributed by atoms with Gasteiger partial charge in [0, 0.05) is 26.2 Å². The zero-order valence-corrected chi connectivity index (χ0v) is 19.2. The molecule has 2 aromatic heterocycles. The highest BCUT2D eigenvalue weighted by Gasteiger charge is 2.26. The molecule has 0 unspecified atom stereocenters. The van der Waals surface area contributed by atoms with Crippen molar-refractivity contribution in [2.24, 2.45) is 0 Å². The highest BCUT2D eigenvalue weighted by Crippen LogP contribution is 2.20. The van der Waals surface area contributed by atoms with Crippen LogP contribution in [0.25, 0.3) is 0 Å². The first-order valence-electron chi connectivity index (χ1n) is 10.0. The van der Waals surface area contributed by atoms with Crippen LogP contribution in [0.2, 0.25) is 0 Å². The molecule has 0 saturated carbocycles. The quantitative estimate of drug-likeness (QED) is 0.684. The molecule has 3 rings (SSSR count). The minimum absolute atomic E-state index is 0.150. The van der Waals surface area contributed by atoms with Gasteiger partial charge in [0.05, 0.1) is 11.9 Å². The molecule has 1 aliphatic heterocycles. The molecule has 0 bridgehead atoms. The number of sulfonamides is 1. The second kappa shape index (κ2) is 9.17. The van der Waals surface area contributed by atoms with Crippen LogP contribution in [-0.4, -0.2) is 69.1 Å². The highest BCUT2D eigenvalue weighted by atomic mass is 32.2. The maximum absolute atomic E-state index is 12.3. The molecule has 11 nitrogen and oxygen atoms in total. The van der Waals surface area contributed by atoms with Crippen LogP contribution < -0.4 is 14.9 Å². The number of piperazine rings is 1. The van der Waals surface area contributed by atoms with Crippen LogP contribution in [0.5, 0.6) is 0 Å². The number of furan rings is 1. The van der Waals surface area contributed by atoms with Crippen LogP contribution in [-0.2, 0) is 14.8 Å². The lowest BCUT2D eigenvalue weighted by Gasteiger charge is -2.36. The summed E-state index contributed by atoms with van der Waals surface area (Å²) in [6.07, 6.45) is 1.30. The number of ether oxygens (including phenoxy) is 1. The van der Waals surface area contributed by atoms with E-state index in [2.05, 4.69) is 19.9 Å². The van der Waals surface area contributed by atoms with Crippen LogP contribution in [0.15, 0.2) is 40.0 Å². The molecule has 1 fully saturated rings. The van der Waals surface area contributed by atoms with Crippen LogP contribution in [0.1, 0.15) is 31.3 Å². The molecule has 2 aromatic rings. The molecule has 174 valence electrons. The number of amides is 2. The maximum atomic E-state index is 12.3. The first-order chi connectivity index (χ1) is 15.0. The Bertz CT molecular complexity index is 1070. The van der Waals surface area contributed by atoms with Gasteiger partial charge in [-0.1, -0.05) is 0 Å². The summed E-state index contributed by atoms with van der Waals surface area (Å²) in [5.41, 5.74) is 0.323. The van der Waals surface area contributed by atoms with E-state index in [9.17, 15) is 18.0 Å². The van der Waals surface area contributed by atoms with E-state index in [4.69, 9.17) is 9.15 Å². The van der Waals surface area contributed by atoms with Crippen LogP contribution in [0, 0.1) is 0 Å². The van der Waals surface area contributed by atoms with Gasteiger partial charge >= 0.3 is 6.09 Å². The van der Waals surface area contributed by atoms with E-state index in [1.807, 2.05) is 26.8 Å². The first kappa shape index (κ1) is 23.5. The highest BCUT2D eigenvalue weighted by molar-refractivity contribution is 7.89. The van der Waals surface area contributed by atoms with Crippen molar-refractivity contribution in [3.05, 3.63) is 36.2 Å². The normalized spacial score (nSPS) is 14.9. The average Bonchev–Trinajstić information content (AvgIpc) is 3.25. The molecular formula is C20H27N5O6S. The minimum atomic E-state index is -3.77. The third-order valence-electron chi connectivity index (χ3n) is 4.62. The summed E-state index contributed by atoms with van der Waals surface area (Å²) in [5.74, 6) is -0.475. The Morgan fingerprint density at radius 2 is 1.78 bits per heavy atom. The molecule has 2 amide bonds. The SMILES string of the molecule is CNS(=O)(=O)c1ccc(C(=O)Nc2ccc(N3CCN(C(=O)OC(C)(C)C)CC3)cn2)o1. The minimum Gasteiger partial charge on any atom is -0.444 e. The molecule has 12 heteroatoms. The molecule has 0 aromatic carbocycles. The van der Waals surface area contributed by atoms with Gasteiger partial charge in [0.2, 0.25) is 5.09 Å². The van der Waals surface area contributed by atoms with Crippen molar-refractivity contribution < 1.29 is 27.2 Å². The molecule has 32 heavy (non-hydrogen) atoms. The summed E-state index contributed by atoms with van der Waals surface area (Å²) in [6.45, 7) is 7.82. The lowest BCUT2D eigenvalue weighted by atomic mass is 10.2. The van der Waals surface area contributed by atoms with Gasteiger partial charge < -0.3 is 24.3 Å². The molecule has 3 heterocycles. The van der Waals surface area contributed by atoms with E-state index in [-0.39, 0.29) is 16.9 Å². The molecule has 1 saturated heterocycles. The van der Waals surface area contributed by atoms with Gasteiger partial charge in [-0.25, -0.2) is 22.9 Å². The second-order valence-electron chi connectivity index (χ2n) is 8.14. The summed E-state index contributed by atoms with van der Waals surface area (Å²) >= 11 is 0. The Morgan fingerprint density at radius 1 is 1.09 bits per heavy atom. The van der Waals surface area contributed by atoms with Crippen LogP contribution >= 0.6 is 0 Å². The van der Waals surface area contributed by atoms with Crippen molar-refractivity contribution in [2.75, 3.05) is 43.4 Å². The van der Waals surface area contributed by atoms with Gasteiger partial charge in [-0.2, -0.15) is 0 Å². The number of nitrogens with one attached hydrogen (secondary N) is 2. The Kier molecular flexibility index (Phi) is 6.74. The topological polar surface area (TPSA) is 134 Å². The number of anilines is 2. The van der Waals surface area contributed by atoms with Crippen molar-refractivity contribution in [2.45, 2.75) is 31.5 Å². The first-order valence-corrected chi connectivity index (χ1v) is 11.5. The van der Waals surface area contributed by atoms with Gasteiger partial charge in [0.25, 0.3) is 15.9 Å². The summed E-state index contributed by atoms with van der Waals surface area (Å²) < 4.78 is 36.1. The molecule has 1 aliphatic rings. The van der Waals surface area contributed by atoms with E-state index < -0.39 is 21.5 Å². The lowest BCUT2D eigenvalue weighted by molar-refractivity contribution is 0.0240. The standard InChI is InChI=1S/C20H27N5O6S/c1-20(2,3)31-19(27)25-11-9-24(10-12-25)14-5-7-16(22-13-14)23-18(26)15-6-8-17(30-15)32(28,29)21-4/h5-8,13,21H,9-12H2,1-4H3,(H,22,23,26). The molecule has 0 atom stereocenters. The Morgan fingerprint density at radius 3 is 2.34 bits per heavy atom. The van der Waals surface area contributed by atoms with Crippen molar-refractivity contribution >= 4 is 33.5 Å². The Balaban J connectivity index is 1.56. The fourth-order valence-corrected chi connectivity index (χ4v) is 3.63. The van der Waals surface area contributed by atoms with Crippen LogP contribution in [0.3, 0.4) is 0 Å². The third-order valence-corrected chi connectivity index (χ3v) is 5.91. The maximum Gasteiger partial charge on any atom is 0.410 e. The predicted octanol–water partition coefficient (Wildman–Crippen LogP) is 1.89. The number of carbonyl (C=O) groups excluding carboxylic acids is 2. The third kappa shape index (κ3) is 5.77. The number of hydrogen-bond acceptors (Lipinski definition) is 8. The average molecular weight is 466 g/mol. The number of hydrogen-bond donors (Lipinski definition) is 2. The molecule has 2 N–H and O–H groups in total. The zero-order valence-electron chi connectivity index (χ0n) is 18.4. The van der Waals surface area contributed by atoms with Crippen molar-refractivity contribution in [1.29, 1.82) is 0 Å². The molecule has 0 spiro atoms. The summed E-state index contributed by atoms with van der Waals surface area (Å²) in [6, 6.07) is 5.93. The van der Waals surface area contributed by atoms with Gasteiger partial charge in [-0.15, -0.1) is 0 Å². The van der Waals surface area contributed by atoms with Crippen molar-refractivity contribution in [3.63, 3.8) is 0 Å². The summed E-state index contributed by atoms with van der Waals surface area (Å²) in [5, 5.41) is 2.22. The predicted molar refractivity (Wildman–Crippen MR) is 117 cm³/mol. The summed E-state index contributed by atoms with van der Waals surface area (Å²) in [4.78, 5) is 32.5. The zero-order chi connectivity index (χ0) is 23.5. The van der Waals surface area contributed by atoms with Gasteiger partial charge in [0.15, 0.2) is 5.76 Å². The van der Waals surface area contributed by atoms with Gasteiger partial charge in [-0.3, -0.25) is 4.79 Å². The number of rotatable bonds is 5. The number of nitrogens with zero attached hydrogens (tertiary/aromatic N) is 3. The van der Waals surface area contributed by atoms with Crippen molar-refractivity contribution in [1.82, 2.24) is 14.6 Å². The van der Waals surface area contributed by atoms with Gasteiger partial charge in [0.1, 0.15) is 11.4 Å². The van der Waals surface area contributed by atoms with E-state index >= 15 is 0 Å². The number of carbonyl (C=O) groups is 2.